The van der Waals surface area contributed by atoms with Crippen LogP contribution in [0.3, 0.4) is 0 Å². The van der Waals surface area contributed by atoms with Crippen LogP contribution in [-0.2, 0) is 11.8 Å². The van der Waals surface area contributed by atoms with Crippen molar-refractivity contribution in [3.8, 4) is 0 Å². The summed E-state index contributed by atoms with van der Waals surface area (Å²) in [5.74, 6) is -1.87. The minimum absolute atomic E-state index is 0.252. The standard InChI is InChI=1S/C16H14BrCl2NO3/c1-3-9(16(22)23)14-10(17)7-13(20(14)2)15(21)8-4-5-11(18)12(19)6-8/h4-7,9H,3H2,1-2H3,(H,22,23). The number of ketones is 1. The van der Waals surface area contributed by atoms with Crippen LogP contribution < -0.4 is 0 Å². The van der Waals surface area contributed by atoms with Gasteiger partial charge in [-0.1, -0.05) is 30.1 Å². The Kier molecular flexibility index (Phi) is 5.55. The molecule has 7 heteroatoms. The van der Waals surface area contributed by atoms with Crippen molar-refractivity contribution in [1.82, 2.24) is 4.57 Å². The number of carbonyl (C=O) groups is 2. The summed E-state index contributed by atoms with van der Waals surface area (Å²) in [4.78, 5) is 24.1. The number of aliphatic carboxylic acids is 1. The van der Waals surface area contributed by atoms with Gasteiger partial charge in [0.1, 0.15) is 0 Å². The van der Waals surface area contributed by atoms with Gasteiger partial charge in [0, 0.05) is 22.8 Å². The SMILES string of the molecule is CCC(C(=O)O)c1c(Br)cc(C(=O)c2ccc(Cl)c(Cl)c2)n1C. The molecule has 0 aliphatic carbocycles. The summed E-state index contributed by atoms with van der Waals surface area (Å²) < 4.78 is 2.20. The van der Waals surface area contributed by atoms with Crippen molar-refractivity contribution in [1.29, 1.82) is 0 Å². The summed E-state index contributed by atoms with van der Waals surface area (Å²) in [5.41, 5.74) is 1.33. The number of nitrogens with zero attached hydrogens (tertiary/aromatic N) is 1. The van der Waals surface area contributed by atoms with E-state index in [4.69, 9.17) is 23.2 Å². The third kappa shape index (κ3) is 3.47. The summed E-state index contributed by atoms with van der Waals surface area (Å²) in [7, 11) is 1.68. The first-order valence-corrected chi connectivity index (χ1v) is 8.40. The van der Waals surface area contributed by atoms with Crippen molar-refractivity contribution in [2.45, 2.75) is 19.3 Å². The van der Waals surface area contributed by atoms with E-state index in [9.17, 15) is 14.7 Å². The van der Waals surface area contributed by atoms with E-state index in [0.29, 0.717) is 37.9 Å². The lowest BCUT2D eigenvalue weighted by Gasteiger charge is -2.13. The highest BCUT2D eigenvalue weighted by Gasteiger charge is 2.27. The van der Waals surface area contributed by atoms with Crippen LogP contribution in [-0.4, -0.2) is 21.4 Å². The Labute approximate surface area is 152 Å². The van der Waals surface area contributed by atoms with Crippen molar-refractivity contribution in [2.75, 3.05) is 0 Å². The molecule has 4 nitrogen and oxygen atoms in total. The molecule has 2 aromatic rings. The van der Waals surface area contributed by atoms with E-state index in [2.05, 4.69) is 15.9 Å². The average molecular weight is 419 g/mol. The van der Waals surface area contributed by atoms with Gasteiger partial charge in [-0.25, -0.2) is 0 Å². The lowest BCUT2D eigenvalue weighted by Crippen LogP contribution is -2.17. The molecule has 0 amide bonds. The molecule has 0 spiro atoms. The number of carboxylic acid groups (broad SMARTS) is 1. The van der Waals surface area contributed by atoms with E-state index in [0.717, 1.165) is 0 Å². The summed E-state index contributed by atoms with van der Waals surface area (Å²) in [6.45, 7) is 1.79. The van der Waals surface area contributed by atoms with E-state index in [-0.39, 0.29) is 5.78 Å². The molecule has 0 saturated carbocycles. The Hall–Kier alpha value is -1.30. The van der Waals surface area contributed by atoms with Crippen LogP contribution in [0.4, 0.5) is 0 Å². The van der Waals surface area contributed by atoms with Crippen LogP contribution in [0.25, 0.3) is 0 Å². The summed E-state index contributed by atoms with van der Waals surface area (Å²) in [6, 6.07) is 6.28. The van der Waals surface area contributed by atoms with Gasteiger partial charge >= 0.3 is 5.97 Å². The van der Waals surface area contributed by atoms with Crippen LogP contribution in [0.15, 0.2) is 28.7 Å². The maximum absolute atomic E-state index is 12.7. The number of hydrogen-bond acceptors (Lipinski definition) is 2. The number of aromatic nitrogens is 1. The third-order valence-electron chi connectivity index (χ3n) is 3.68. The van der Waals surface area contributed by atoms with E-state index < -0.39 is 11.9 Å². The predicted octanol–water partition coefficient (Wildman–Crippen LogP) is 4.90. The summed E-state index contributed by atoms with van der Waals surface area (Å²) in [5, 5.41) is 10.0. The summed E-state index contributed by atoms with van der Waals surface area (Å²) in [6.07, 6.45) is 0.423. The molecule has 1 atom stereocenters. The molecule has 0 saturated heterocycles. The van der Waals surface area contributed by atoms with Gasteiger partial charge in [-0.2, -0.15) is 0 Å². The smallest absolute Gasteiger partial charge is 0.312 e. The van der Waals surface area contributed by atoms with Crippen molar-refractivity contribution in [3.63, 3.8) is 0 Å². The minimum atomic E-state index is -0.928. The van der Waals surface area contributed by atoms with Gasteiger partial charge in [-0.05, 0) is 46.6 Å². The van der Waals surface area contributed by atoms with Crippen LogP contribution in [0, 0.1) is 0 Å². The first kappa shape index (κ1) is 18.0. The van der Waals surface area contributed by atoms with Gasteiger partial charge in [0.15, 0.2) is 0 Å². The Morgan fingerprint density at radius 2 is 1.91 bits per heavy atom. The van der Waals surface area contributed by atoms with Crippen LogP contribution in [0.5, 0.6) is 0 Å². The zero-order valence-corrected chi connectivity index (χ0v) is 15.5. The molecule has 122 valence electrons. The van der Waals surface area contributed by atoms with E-state index in [1.165, 1.54) is 6.07 Å². The molecule has 1 N–H and O–H groups in total. The zero-order valence-electron chi connectivity index (χ0n) is 12.4. The van der Waals surface area contributed by atoms with E-state index in [1.807, 2.05) is 0 Å². The Morgan fingerprint density at radius 1 is 1.26 bits per heavy atom. The third-order valence-corrected chi connectivity index (χ3v) is 5.06. The number of carbonyl (C=O) groups excluding carboxylic acids is 1. The fraction of sp³-hybridized carbons (Fsp3) is 0.250. The lowest BCUT2D eigenvalue weighted by molar-refractivity contribution is -0.139. The number of rotatable bonds is 5. The average Bonchev–Trinajstić information content (AvgIpc) is 2.78. The molecule has 0 radical (unpaired) electrons. The monoisotopic (exact) mass is 417 g/mol. The zero-order chi connectivity index (χ0) is 17.3. The minimum Gasteiger partial charge on any atom is -0.481 e. The second-order valence-corrected chi connectivity index (χ2v) is 6.75. The van der Waals surface area contributed by atoms with Gasteiger partial charge in [-0.3, -0.25) is 9.59 Å². The summed E-state index contributed by atoms with van der Waals surface area (Å²) >= 11 is 15.2. The largest absolute Gasteiger partial charge is 0.481 e. The molecule has 1 aromatic carbocycles. The maximum Gasteiger partial charge on any atom is 0.312 e. The van der Waals surface area contributed by atoms with E-state index >= 15 is 0 Å². The molecule has 23 heavy (non-hydrogen) atoms. The van der Waals surface area contributed by atoms with Crippen molar-refractivity contribution in [3.05, 3.63) is 55.7 Å². The normalized spacial score (nSPS) is 12.2. The van der Waals surface area contributed by atoms with Gasteiger partial charge in [0.05, 0.1) is 21.7 Å². The van der Waals surface area contributed by atoms with Crippen LogP contribution in [0.1, 0.15) is 41.0 Å². The Bertz CT molecular complexity index is 786. The molecule has 2 rings (SSSR count). The quantitative estimate of drug-likeness (QED) is 0.702. The number of halogens is 3. The van der Waals surface area contributed by atoms with Crippen LogP contribution in [0.2, 0.25) is 10.0 Å². The Balaban J connectivity index is 2.50. The number of benzene rings is 1. The molecule has 0 fully saturated rings. The lowest BCUT2D eigenvalue weighted by atomic mass is 10.0. The topological polar surface area (TPSA) is 59.3 Å². The highest BCUT2D eigenvalue weighted by atomic mass is 79.9. The van der Waals surface area contributed by atoms with Gasteiger partial charge < -0.3 is 9.67 Å². The van der Waals surface area contributed by atoms with E-state index in [1.54, 1.807) is 36.7 Å². The molecule has 1 heterocycles. The molecular weight excluding hydrogens is 405 g/mol. The molecule has 0 bridgehead atoms. The molecule has 1 unspecified atom stereocenters. The molecule has 0 aliphatic heterocycles. The number of hydrogen-bond donors (Lipinski definition) is 1. The molecular formula is C16H14BrCl2NO3. The van der Waals surface area contributed by atoms with Gasteiger partial charge in [-0.15, -0.1) is 0 Å². The molecule has 1 aromatic heterocycles. The fourth-order valence-corrected chi connectivity index (χ4v) is 3.53. The van der Waals surface area contributed by atoms with Crippen LogP contribution >= 0.6 is 39.1 Å². The van der Waals surface area contributed by atoms with Crippen molar-refractivity contribution >= 4 is 50.9 Å². The maximum atomic E-state index is 12.7. The Morgan fingerprint density at radius 3 is 2.43 bits per heavy atom. The highest BCUT2D eigenvalue weighted by molar-refractivity contribution is 9.10. The number of carboxylic acids is 1. The fourth-order valence-electron chi connectivity index (χ4n) is 2.47. The van der Waals surface area contributed by atoms with Gasteiger partial charge in [0.2, 0.25) is 5.78 Å². The van der Waals surface area contributed by atoms with Gasteiger partial charge in [0.25, 0.3) is 0 Å². The van der Waals surface area contributed by atoms with Crippen molar-refractivity contribution in [2.24, 2.45) is 7.05 Å². The first-order chi connectivity index (χ1) is 10.8. The predicted molar refractivity (Wildman–Crippen MR) is 93.7 cm³/mol. The second-order valence-electron chi connectivity index (χ2n) is 5.08. The second kappa shape index (κ2) is 7.07. The van der Waals surface area contributed by atoms with Crippen molar-refractivity contribution < 1.29 is 14.7 Å². The molecule has 0 aliphatic rings. The highest BCUT2D eigenvalue weighted by Crippen LogP contribution is 2.32. The first-order valence-electron chi connectivity index (χ1n) is 6.85.